The van der Waals surface area contributed by atoms with Crippen molar-refractivity contribution in [1.82, 2.24) is 4.98 Å². The average Bonchev–Trinajstić information content (AvgIpc) is 3.44. The van der Waals surface area contributed by atoms with E-state index in [-0.39, 0.29) is 22.6 Å². The lowest BCUT2D eigenvalue weighted by Gasteiger charge is -2.21. The van der Waals surface area contributed by atoms with Crippen LogP contribution in [-0.4, -0.2) is 36.2 Å². The molecule has 0 aliphatic carbocycles. The third kappa shape index (κ3) is 5.93. The normalized spacial score (nSPS) is 16.0. The molecule has 0 spiro atoms. The molecule has 2 aromatic heterocycles. The fraction of sp³-hybridized carbons (Fsp3) is 0.267. The van der Waals surface area contributed by atoms with Gasteiger partial charge in [-0.3, -0.25) is 9.78 Å². The van der Waals surface area contributed by atoms with Crippen molar-refractivity contribution in [2.75, 3.05) is 23.3 Å². The van der Waals surface area contributed by atoms with Gasteiger partial charge in [0.05, 0.1) is 17.0 Å². The van der Waals surface area contributed by atoms with Gasteiger partial charge < -0.3 is 19.4 Å². The van der Waals surface area contributed by atoms with Gasteiger partial charge >= 0.3 is 18.1 Å². The molecule has 212 valence electrons. The molecule has 1 saturated heterocycles. The van der Waals surface area contributed by atoms with Gasteiger partial charge in [0.2, 0.25) is 0 Å². The maximum absolute atomic E-state index is 13.2. The minimum Gasteiger partial charge on any atom is -0.440 e. The number of aryl methyl sites for hydroxylation is 1. The maximum atomic E-state index is 13.2. The summed E-state index contributed by atoms with van der Waals surface area (Å²) in [7, 11) is 0. The number of nitrogens with zero attached hydrogens (tertiary/aromatic N) is 2. The fourth-order valence-corrected chi connectivity index (χ4v) is 5.06. The molecule has 2 aromatic carbocycles. The summed E-state index contributed by atoms with van der Waals surface area (Å²) in [5.41, 5.74) is 2.61. The zero-order chi connectivity index (χ0) is 29.3. The number of anilines is 2. The van der Waals surface area contributed by atoms with E-state index in [2.05, 4.69) is 15.0 Å². The lowest BCUT2D eigenvalue weighted by Crippen LogP contribution is -2.28. The van der Waals surface area contributed by atoms with Gasteiger partial charge in [0.25, 0.3) is 0 Å². The Morgan fingerprint density at radius 2 is 1.85 bits per heavy atom. The number of pyridine rings is 1. The zero-order valence-electron chi connectivity index (χ0n) is 22.2. The molecule has 4 aromatic rings. The van der Waals surface area contributed by atoms with Gasteiger partial charge in [-0.15, -0.1) is 0 Å². The SMILES string of the molecule is Cc1cc(C(C)Nc2ccccc2C(=O)OC(=O)C(F)(F)F)c2oc(N3CCC(c4ccncc4)C3)cc(=O)c2c1. The fourth-order valence-electron chi connectivity index (χ4n) is 5.06. The summed E-state index contributed by atoms with van der Waals surface area (Å²) in [6.45, 7) is 4.96. The summed E-state index contributed by atoms with van der Waals surface area (Å²) >= 11 is 0. The number of hydrogen-bond donors (Lipinski definition) is 1. The predicted octanol–water partition coefficient (Wildman–Crippen LogP) is 5.91. The molecule has 0 amide bonds. The highest BCUT2D eigenvalue weighted by molar-refractivity contribution is 6.02. The molecular weight excluding hydrogens is 539 g/mol. The van der Waals surface area contributed by atoms with E-state index in [9.17, 15) is 27.6 Å². The molecule has 41 heavy (non-hydrogen) atoms. The number of fused-ring (bicyclic) bond motifs is 1. The van der Waals surface area contributed by atoms with Crippen LogP contribution in [0.2, 0.25) is 0 Å². The molecule has 3 heterocycles. The molecule has 11 heteroatoms. The van der Waals surface area contributed by atoms with Gasteiger partial charge in [0, 0.05) is 48.7 Å². The third-order valence-electron chi connectivity index (χ3n) is 7.07. The smallest absolute Gasteiger partial charge is 0.440 e. The minimum atomic E-state index is -5.31. The van der Waals surface area contributed by atoms with E-state index in [1.54, 1.807) is 31.5 Å². The molecule has 1 N–H and O–H groups in total. The lowest BCUT2D eigenvalue weighted by atomic mass is 10.00. The number of rotatable bonds is 6. The molecule has 5 rings (SSSR count). The van der Waals surface area contributed by atoms with Crippen LogP contribution in [-0.2, 0) is 9.53 Å². The number of carbonyl (C=O) groups excluding carboxylic acids is 2. The second-order valence-electron chi connectivity index (χ2n) is 9.98. The van der Waals surface area contributed by atoms with E-state index in [4.69, 9.17) is 4.42 Å². The average molecular weight is 566 g/mol. The second kappa shape index (κ2) is 11.1. The molecule has 2 unspecified atom stereocenters. The quantitative estimate of drug-likeness (QED) is 0.228. The summed E-state index contributed by atoms with van der Waals surface area (Å²) in [6.07, 6.45) is -0.921. The molecule has 8 nitrogen and oxygen atoms in total. The van der Waals surface area contributed by atoms with E-state index >= 15 is 0 Å². The minimum absolute atomic E-state index is 0.146. The van der Waals surface area contributed by atoms with Gasteiger partial charge in [0.15, 0.2) is 11.3 Å². The van der Waals surface area contributed by atoms with Gasteiger partial charge in [-0.1, -0.05) is 18.2 Å². The Kier molecular flexibility index (Phi) is 7.53. The number of para-hydroxylation sites is 1. The van der Waals surface area contributed by atoms with Crippen LogP contribution in [0.1, 0.15) is 52.4 Å². The monoisotopic (exact) mass is 565 g/mol. The van der Waals surface area contributed by atoms with E-state index in [1.807, 2.05) is 30.0 Å². The van der Waals surface area contributed by atoms with Crippen LogP contribution >= 0.6 is 0 Å². The van der Waals surface area contributed by atoms with Crippen molar-refractivity contribution in [3.8, 4) is 0 Å². The van der Waals surface area contributed by atoms with Crippen LogP contribution in [0.15, 0.2) is 76.2 Å². The summed E-state index contributed by atoms with van der Waals surface area (Å²) in [4.78, 5) is 43.0. The number of ether oxygens (including phenoxy) is 1. The highest BCUT2D eigenvalue weighted by atomic mass is 19.4. The summed E-state index contributed by atoms with van der Waals surface area (Å²) in [5, 5.41) is 3.48. The first-order chi connectivity index (χ1) is 19.5. The van der Waals surface area contributed by atoms with Gasteiger partial charge in [-0.05, 0) is 61.7 Å². The standard InChI is InChI=1S/C30H26F3N3O5/c1-17-13-22(18(2)35-24-6-4-3-5-21(24)28(38)41-29(39)30(31,32)33)27-23(14-17)25(37)15-26(40-27)36-12-9-20(16-36)19-7-10-34-11-8-19/h3-8,10-11,13-15,18,20,35H,9,12,16H2,1-2H3. The van der Waals surface area contributed by atoms with E-state index in [1.165, 1.54) is 24.3 Å². The number of carbonyl (C=O) groups is 2. The number of aromatic nitrogens is 1. The Balaban J connectivity index is 1.45. The van der Waals surface area contributed by atoms with Crippen molar-refractivity contribution in [2.45, 2.75) is 38.4 Å². The molecule has 1 aliphatic rings. The van der Waals surface area contributed by atoms with Crippen molar-refractivity contribution >= 4 is 34.5 Å². The molecule has 2 atom stereocenters. The summed E-state index contributed by atoms with van der Waals surface area (Å²) in [5.74, 6) is -3.34. The van der Waals surface area contributed by atoms with Crippen molar-refractivity contribution in [2.24, 2.45) is 0 Å². The van der Waals surface area contributed by atoms with Crippen molar-refractivity contribution in [3.05, 3.63) is 99.5 Å². The van der Waals surface area contributed by atoms with Crippen molar-refractivity contribution in [3.63, 3.8) is 0 Å². The molecule has 0 radical (unpaired) electrons. The Morgan fingerprint density at radius 3 is 2.59 bits per heavy atom. The van der Waals surface area contributed by atoms with Crippen molar-refractivity contribution < 1.29 is 31.9 Å². The number of alkyl halides is 3. The Hall–Kier alpha value is -4.67. The molecule has 1 aliphatic heterocycles. The van der Waals surface area contributed by atoms with Crippen LogP contribution < -0.4 is 15.6 Å². The van der Waals surface area contributed by atoms with E-state index in [0.29, 0.717) is 35.5 Å². The lowest BCUT2D eigenvalue weighted by molar-refractivity contribution is -0.193. The topological polar surface area (TPSA) is 102 Å². The molecule has 0 bridgehead atoms. The number of halogens is 3. The predicted molar refractivity (Wildman–Crippen MR) is 146 cm³/mol. The largest absolute Gasteiger partial charge is 0.491 e. The van der Waals surface area contributed by atoms with Crippen LogP contribution in [0.5, 0.6) is 0 Å². The third-order valence-corrected chi connectivity index (χ3v) is 7.07. The van der Waals surface area contributed by atoms with E-state index < -0.39 is 24.2 Å². The van der Waals surface area contributed by atoms with Crippen LogP contribution in [0.3, 0.4) is 0 Å². The van der Waals surface area contributed by atoms with Crippen LogP contribution in [0.4, 0.5) is 24.7 Å². The Labute approximate surface area is 232 Å². The molecule has 0 saturated carbocycles. The Bertz CT molecular complexity index is 1670. The summed E-state index contributed by atoms with van der Waals surface area (Å²) in [6, 6.07) is 14.2. The van der Waals surface area contributed by atoms with Gasteiger partial charge in [-0.2, -0.15) is 13.2 Å². The number of esters is 2. The zero-order valence-corrected chi connectivity index (χ0v) is 22.2. The highest BCUT2D eigenvalue weighted by Crippen LogP contribution is 2.34. The van der Waals surface area contributed by atoms with Gasteiger partial charge in [0.1, 0.15) is 5.58 Å². The summed E-state index contributed by atoms with van der Waals surface area (Å²) < 4.78 is 48.3. The maximum Gasteiger partial charge on any atom is 0.491 e. The highest BCUT2D eigenvalue weighted by Gasteiger charge is 2.42. The second-order valence-corrected chi connectivity index (χ2v) is 9.98. The first-order valence-electron chi connectivity index (χ1n) is 12.9. The van der Waals surface area contributed by atoms with Crippen LogP contribution in [0.25, 0.3) is 11.0 Å². The van der Waals surface area contributed by atoms with Crippen LogP contribution in [0, 0.1) is 6.92 Å². The number of benzene rings is 2. The molecule has 1 fully saturated rings. The van der Waals surface area contributed by atoms with Gasteiger partial charge in [-0.25, -0.2) is 9.59 Å². The Morgan fingerprint density at radius 1 is 1.12 bits per heavy atom. The number of hydrogen-bond acceptors (Lipinski definition) is 8. The van der Waals surface area contributed by atoms with Crippen molar-refractivity contribution in [1.29, 1.82) is 0 Å². The first-order valence-corrected chi connectivity index (χ1v) is 12.9. The van der Waals surface area contributed by atoms with E-state index in [0.717, 1.165) is 17.5 Å². The first kappa shape index (κ1) is 27.9. The number of nitrogens with one attached hydrogen (secondary N) is 1. The molecular formula is C30H26F3N3O5.